The van der Waals surface area contributed by atoms with Gasteiger partial charge in [0.05, 0.1) is 16.9 Å². The highest BCUT2D eigenvalue weighted by Gasteiger charge is 2.30. The van der Waals surface area contributed by atoms with Gasteiger partial charge in [-0.25, -0.2) is 15.0 Å². The molecule has 1 aliphatic heterocycles. The number of hydrogen-bond acceptors (Lipinski definition) is 8. The third-order valence-corrected chi connectivity index (χ3v) is 17.7. The van der Waals surface area contributed by atoms with Crippen molar-refractivity contribution in [3.63, 3.8) is 0 Å². The lowest BCUT2D eigenvalue weighted by Crippen LogP contribution is -2.22. The number of allylic oxidation sites excluding steroid dienone is 1. The molecule has 1 aliphatic rings. The van der Waals surface area contributed by atoms with Crippen molar-refractivity contribution in [2.45, 2.75) is 13.5 Å². The van der Waals surface area contributed by atoms with Crippen LogP contribution in [0.15, 0.2) is 301 Å². The molecule has 16 aromatic rings. The highest BCUT2D eigenvalue weighted by Crippen LogP contribution is 2.51. The zero-order chi connectivity index (χ0) is 59.1. The van der Waals surface area contributed by atoms with Gasteiger partial charge in [-0.15, -0.1) is 0 Å². The lowest BCUT2D eigenvalue weighted by atomic mass is 9.87. The van der Waals surface area contributed by atoms with E-state index in [1.165, 1.54) is 27.8 Å². The van der Waals surface area contributed by atoms with Gasteiger partial charge in [0.25, 0.3) is 0 Å². The van der Waals surface area contributed by atoms with Gasteiger partial charge >= 0.3 is 0 Å². The molecule has 0 N–H and O–H groups in total. The van der Waals surface area contributed by atoms with Gasteiger partial charge in [0.15, 0.2) is 5.82 Å². The largest absolute Gasteiger partial charge is 0.460 e. The van der Waals surface area contributed by atoms with Crippen molar-refractivity contribution in [3.05, 3.63) is 308 Å². The minimum absolute atomic E-state index is 0.511. The third kappa shape index (κ3) is 8.56. The number of furan rings is 2. The van der Waals surface area contributed by atoms with E-state index in [2.05, 4.69) is 287 Å². The van der Waals surface area contributed by atoms with Crippen molar-refractivity contribution in [1.29, 1.82) is 0 Å². The quantitative estimate of drug-likeness (QED) is 0.127. The van der Waals surface area contributed by atoms with E-state index in [0.29, 0.717) is 18.0 Å². The molecule has 0 spiro atoms. The van der Waals surface area contributed by atoms with Crippen LogP contribution in [-0.2, 0) is 6.54 Å². The van der Waals surface area contributed by atoms with Gasteiger partial charge in [0.1, 0.15) is 35.2 Å². The van der Waals surface area contributed by atoms with Crippen LogP contribution in [-0.4, -0.2) is 15.0 Å². The molecular weight excluding hydrogens is 1090 g/mol. The minimum Gasteiger partial charge on any atom is -0.460 e. The molecule has 0 radical (unpaired) electrons. The normalized spacial score (nSPS) is 12.4. The van der Waals surface area contributed by atoms with Crippen LogP contribution in [0.25, 0.3) is 116 Å². The first kappa shape index (κ1) is 51.5. The Morgan fingerprint density at radius 2 is 1.08 bits per heavy atom. The van der Waals surface area contributed by atoms with Crippen LogP contribution in [0.5, 0.6) is 0 Å². The van der Waals surface area contributed by atoms with E-state index in [9.17, 15) is 0 Å². The smallest absolute Gasteiger partial charge is 0.166 e. The summed E-state index contributed by atoms with van der Waals surface area (Å²) in [5.74, 6) is 1.24. The molecule has 0 atom stereocenters. The Morgan fingerprint density at radius 1 is 0.461 bits per heavy atom. The van der Waals surface area contributed by atoms with Gasteiger partial charge in [0, 0.05) is 85.3 Å². The Hall–Kier alpha value is -11.9. The van der Waals surface area contributed by atoms with E-state index in [4.69, 9.17) is 25.4 Å². The summed E-state index contributed by atoms with van der Waals surface area (Å²) in [7, 11) is 0. The summed E-state index contributed by atoms with van der Waals surface area (Å²) in [5, 5.41) is 9.89. The van der Waals surface area contributed by atoms with Gasteiger partial charge in [0.2, 0.25) is 0 Å². The number of fused-ring (bicyclic) bond motifs is 5. The molecule has 0 fully saturated rings. The fourth-order valence-electron chi connectivity index (χ4n) is 13.9. The van der Waals surface area contributed by atoms with Gasteiger partial charge < -0.3 is 23.5 Å². The molecule has 4 heterocycles. The first-order valence-corrected chi connectivity index (χ1v) is 30.0. The number of nitrogens with zero attached hydrogens (tertiary/aromatic N) is 6. The van der Waals surface area contributed by atoms with Crippen LogP contribution in [0.1, 0.15) is 11.3 Å². The van der Waals surface area contributed by atoms with Crippen molar-refractivity contribution in [3.8, 4) is 44.8 Å². The molecule has 8 nitrogen and oxygen atoms in total. The highest BCUT2D eigenvalue weighted by molar-refractivity contribution is 6.31. The Morgan fingerprint density at radius 3 is 1.82 bits per heavy atom. The topological polar surface area (TPSA) is 74.7 Å². The first-order valence-electron chi connectivity index (χ1n) is 30.0. The number of rotatable bonds is 11. The van der Waals surface area contributed by atoms with Gasteiger partial charge in [-0.3, -0.25) is 0 Å². The molecule has 0 amide bonds. The fourth-order valence-corrected chi connectivity index (χ4v) is 13.9. The molecule has 420 valence electrons. The monoisotopic (exact) mass is 1140 g/mol. The van der Waals surface area contributed by atoms with Crippen LogP contribution in [0.3, 0.4) is 0 Å². The Bertz CT molecular complexity index is 5450. The SMILES string of the molecule is C=C(/C=c1/c2cc(N(c3ccccc3)c3cc(-c4ccccc4)cc4ccccc34)cc3oc4cc(N5Cc6c(-c7ccccc7)cccc6-c6ccccc65)cc(c5ccc(-c6ncncn6)c6oc(C)c1c65)c4c32)N(c1ccccc1)c1ccccc1. The zero-order valence-corrected chi connectivity index (χ0v) is 48.5. The van der Waals surface area contributed by atoms with Crippen molar-refractivity contribution < 1.29 is 8.83 Å². The molecule has 0 saturated carbocycles. The average Bonchev–Trinajstić information content (AvgIpc) is 1.61. The first-order chi connectivity index (χ1) is 44.0. The van der Waals surface area contributed by atoms with Gasteiger partial charge in [-0.1, -0.05) is 189 Å². The molecule has 0 unspecified atom stereocenters. The van der Waals surface area contributed by atoms with Gasteiger partial charge in [-0.05, 0) is 146 Å². The summed E-state index contributed by atoms with van der Waals surface area (Å²) < 4.78 is 15.0. The van der Waals surface area contributed by atoms with Crippen LogP contribution in [0.2, 0.25) is 0 Å². The summed E-state index contributed by atoms with van der Waals surface area (Å²) in [6.07, 6.45) is 5.33. The number of benzene rings is 12. The summed E-state index contributed by atoms with van der Waals surface area (Å²) in [4.78, 5) is 20.8. The van der Waals surface area contributed by atoms with Crippen LogP contribution in [0.4, 0.5) is 39.8 Å². The van der Waals surface area contributed by atoms with E-state index in [-0.39, 0.29) is 0 Å². The number of aromatic nitrogens is 3. The molecule has 89 heavy (non-hydrogen) atoms. The standard InChI is InChI=1S/C81H54N6O2/c1-51(86(57-28-12-5-13-29-57)58-30-14-6-15-31-58)41-68-70-45-61(87(59-32-16-7-17-33-59)73-43-56(53-23-8-3-9-24-53)42-55-27-18-19-34-63(55)73)47-75-78(70)77-69(66-39-40-67(81-83-49-82-50-84-81)80-79(66)76(68)52(2)88-80)44-60(46-74(77)89-75)85-48-71-62(54-25-10-4-11-26-54)36-22-37-64(71)65-35-20-21-38-72(65)85/h3-47,49-50H,1,48H2,2H3/b68-41-. The molecule has 0 bridgehead atoms. The summed E-state index contributed by atoms with van der Waals surface area (Å²) in [5.41, 5.74) is 18.9. The molecule has 8 heteroatoms. The maximum Gasteiger partial charge on any atom is 0.166 e. The fraction of sp³-hybridized carbons (Fsp3) is 0.0247. The number of hydrogen-bond donors (Lipinski definition) is 0. The summed E-state index contributed by atoms with van der Waals surface area (Å²) in [6.45, 7) is 7.70. The third-order valence-electron chi connectivity index (χ3n) is 17.7. The van der Waals surface area contributed by atoms with Crippen LogP contribution in [0, 0.1) is 6.92 Å². The van der Waals surface area contributed by atoms with E-state index in [1.807, 2.05) is 12.1 Å². The predicted octanol–water partition coefficient (Wildman–Crippen LogP) is 20.9. The van der Waals surface area contributed by atoms with Crippen molar-refractivity contribution in [2.75, 3.05) is 14.7 Å². The molecule has 17 rings (SSSR count). The maximum atomic E-state index is 7.66. The lowest BCUT2D eigenvalue weighted by molar-refractivity contribution is 0.583. The zero-order valence-electron chi connectivity index (χ0n) is 48.5. The lowest BCUT2D eigenvalue weighted by Gasteiger charge is -2.34. The highest BCUT2D eigenvalue weighted by atomic mass is 16.3. The molecule has 0 saturated heterocycles. The number of anilines is 7. The maximum absolute atomic E-state index is 7.66. The summed E-state index contributed by atoms with van der Waals surface area (Å²) >= 11 is 0. The molecule has 0 aliphatic carbocycles. The van der Waals surface area contributed by atoms with Crippen molar-refractivity contribution >= 4 is 111 Å². The second-order valence-corrected chi connectivity index (χ2v) is 22.8. The van der Waals surface area contributed by atoms with Crippen LogP contribution >= 0.6 is 0 Å². The number of aryl methyl sites for hydroxylation is 1. The molecule has 13 aromatic carbocycles. The second kappa shape index (κ2) is 21.0. The Balaban J connectivity index is 1.03. The average molecular weight is 1140 g/mol. The second-order valence-electron chi connectivity index (χ2n) is 22.8. The Labute approximate surface area is 513 Å². The molecule has 3 aromatic heterocycles. The van der Waals surface area contributed by atoms with E-state index < -0.39 is 0 Å². The van der Waals surface area contributed by atoms with E-state index in [1.54, 1.807) is 12.7 Å². The number of para-hydroxylation sites is 4. The van der Waals surface area contributed by atoms with Gasteiger partial charge in [-0.2, -0.15) is 0 Å². The van der Waals surface area contributed by atoms with E-state index in [0.717, 1.165) is 133 Å². The van der Waals surface area contributed by atoms with Crippen molar-refractivity contribution in [2.24, 2.45) is 0 Å². The predicted molar refractivity (Wildman–Crippen MR) is 367 cm³/mol. The van der Waals surface area contributed by atoms with Crippen LogP contribution < -0.4 is 19.9 Å². The molecular formula is C81H54N6O2. The minimum atomic E-state index is 0.511. The van der Waals surface area contributed by atoms with E-state index >= 15 is 0 Å². The Kier molecular flexibility index (Phi) is 12.1. The van der Waals surface area contributed by atoms with Crippen molar-refractivity contribution in [1.82, 2.24) is 15.0 Å². The summed E-state index contributed by atoms with van der Waals surface area (Å²) in [6, 6.07) is 95.4.